The van der Waals surface area contributed by atoms with Crippen LogP contribution >= 0.6 is 0 Å². The van der Waals surface area contributed by atoms with Gasteiger partial charge in [-0.3, -0.25) is 0 Å². The molecule has 3 N–H and O–H groups in total. The van der Waals surface area contributed by atoms with E-state index < -0.39 is 0 Å². The molecular formula is C17H22N2. The highest BCUT2D eigenvalue weighted by Gasteiger charge is 2.10. The molecule has 1 atom stereocenters. The maximum atomic E-state index is 5.92. The highest BCUT2D eigenvalue weighted by atomic mass is 14.9. The van der Waals surface area contributed by atoms with Gasteiger partial charge in [-0.1, -0.05) is 42.0 Å². The lowest BCUT2D eigenvalue weighted by Crippen LogP contribution is -2.21. The lowest BCUT2D eigenvalue weighted by atomic mass is 10.0. The number of anilines is 1. The van der Waals surface area contributed by atoms with Gasteiger partial charge in [0.05, 0.1) is 6.04 Å². The van der Waals surface area contributed by atoms with Gasteiger partial charge in [0.25, 0.3) is 0 Å². The Morgan fingerprint density at radius 3 is 2.32 bits per heavy atom. The topological polar surface area (TPSA) is 38.0 Å². The van der Waals surface area contributed by atoms with Crippen molar-refractivity contribution in [2.24, 2.45) is 5.73 Å². The Bertz CT molecular complexity index is 544. The molecule has 0 amide bonds. The summed E-state index contributed by atoms with van der Waals surface area (Å²) < 4.78 is 0. The predicted octanol–water partition coefficient (Wildman–Crippen LogP) is 3.72. The number of hydrogen-bond donors (Lipinski definition) is 2. The van der Waals surface area contributed by atoms with Crippen molar-refractivity contribution >= 4 is 5.69 Å². The van der Waals surface area contributed by atoms with Crippen LogP contribution in [0, 0.1) is 20.8 Å². The summed E-state index contributed by atoms with van der Waals surface area (Å²) in [5, 5.41) is 3.55. The second-order valence-corrected chi connectivity index (χ2v) is 5.09. The first-order chi connectivity index (χ1) is 9.11. The van der Waals surface area contributed by atoms with Crippen LogP contribution in [-0.2, 0) is 0 Å². The lowest BCUT2D eigenvalue weighted by Gasteiger charge is -2.21. The molecule has 0 aliphatic carbocycles. The Hall–Kier alpha value is -1.80. The van der Waals surface area contributed by atoms with E-state index >= 15 is 0 Å². The van der Waals surface area contributed by atoms with Gasteiger partial charge >= 0.3 is 0 Å². The molecule has 0 fully saturated rings. The van der Waals surface area contributed by atoms with Crippen molar-refractivity contribution in [1.29, 1.82) is 0 Å². The first-order valence-corrected chi connectivity index (χ1v) is 6.71. The molecule has 1 unspecified atom stereocenters. The number of nitrogens with one attached hydrogen (secondary N) is 1. The van der Waals surface area contributed by atoms with E-state index in [9.17, 15) is 0 Å². The van der Waals surface area contributed by atoms with E-state index in [1.54, 1.807) is 0 Å². The minimum Gasteiger partial charge on any atom is -0.377 e. The van der Waals surface area contributed by atoms with Crippen molar-refractivity contribution in [2.75, 3.05) is 11.9 Å². The molecular weight excluding hydrogens is 232 g/mol. The molecule has 0 aromatic heterocycles. The zero-order valence-electron chi connectivity index (χ0n) is 11.9. The Kier molecular flexibility index (Phi) is 4.23. The fraction of sp³-hybridized carbons (Fsp3) is 0.294. The van der Waals surface area contributed by atoms with E-state index in [1.807, 2.05) is 0 Å². The van der Waals surface area contributed by atoms with Gasteiger partial charge in [0.15, 0.2) is 0 Å². The van der Waals surface area contributed by atoms with Gasteiger partial charge in [-0.05, 0) is 43.5 Å². The molecule has 2 nitrogen and oxygen atoms in total. The van der Waals surface area contributed by atoms with E-state index in [4.69, 9.17) is 5.73 Å². The Morgan fingerprint density at radius 1 is 1.00 bits per heavy atom. The molecule has 0 saturated carbocycles. The molecule has 0 radical (unpaired) electrons. The highest BCUT2D eigenvalue weighted by molar-refractivity contribution is 5.55. The largest absolute Gasteiger partial charge is 0.377 e. The van der Waals surface area contributed by atoms with Gasteiger partial charge in [-0.15, -0.1) is 0 Å². The van der Waals surface area contributed by atoms with Crippen molar-refractivity contribution in [3.63, 3.8) is 0 Å². The second-order valence-electron chi connectivity index (χ2n) is 5.09. The van der Waals surface area contributed by atoms with Crippen LogP contribution in [0.5, 0.6) is 0 Å². The highest BCUT2D eigenvalue weighted by Crippen LogP contribution is 2.23. The van der Waals surface area contributed by atoms with E-state index in [-0.39, 0.29) is 6.04 Å². The van der Waals surface area contributed by atoms with E-state index in [1.165, 1.54) is 22.3 Å². The van der Waals surface area contributed by atoms with E-state index in [0.717, 1.165) is 5.69 Å². The van der Waals surface area contributed by atoms with Crippen LogP contribution in [0.1, 0.15) is 28.3 Å². The summed E-state index contributed by atoms with van der Waals surface area (Å²) in [4.78, 5) is 0. The average Bonchev–Trinajstić information content (AvgIpc) is 2.42. The number of aryl methyl sites for hydroxylation is 2. The van der Waals surface area contributed by atoms with Crippen LogP contribution in [0.15, 0.2) is 42.5 Å². The van der Waals surface area contributed by atoms with Gasteiger partial charge in [0.1, 0.15) is 0 Å². The summed E-state index contributed by atoms with van der Waals surface area (Å²) >= 11 is 0. The molecule has 2 heteroatoms. The third-order valence-corrected chi connectivity index (χ3v) is 3.65. The fourth-order valence-corrected chi connectivity index (χ4v) is 2.17. The minimum absolute atomic E-state index is 0.154. The lowest BCUT2D eigenvalue weighted by molar-refractivity contribution is 0.788. The van der Waals surface area contributed by atoms with Crippen LogP contribution in [0.2, 0.25) is 0 Å². The van der Waals surface area contributed by atoms with Crippen LogP contribution < -0.4 is 11.1 Å². The number of benzene rings is 2. The van der Waals surface area contributed by atoms with Gasteiger partial charge in [0.2, 0.25) is 0 Å². The maximum Gasteiger partial charge on any atom is 0.0636 e. The predicted molar refractivity (Wildman–Crippen MR) is 82.5 cm³/mol. The fourth-order valence-electron chi connectivity index (χ4n) is 2.17. The molecule has 0 heterocycles. The summed E-state index contributed by atoms with van der Waals surface area (Å²) in [6.45, 7) is 6.94. The van der Waals surface area contributed by atoms with E-state index in [2.05, 4.69) is 68.6 Å². The minimum atomic E-state index is 0.154. The number of rotatable bonds is 4. The molecule has 2 aromatic carbocycles. The third kappa shape index (κ3) is 3.15. The second kappa shape index (κ2) is 5.89. The third-order valence-electron chi connectivity index (χ3n) is 3.65. The van der Waals surface area contributed by atoms with Crippen molar-refractivity contribution in [1.82, 2.24) is 0 Å². The molecule has 2 aromatic rings. The van der Waals surface area contributed by atoms with Crippen molar-refractivity contribution < 1.29 is 0 Å². The van der Waals surface area contributed by atoms with Crippen molar-refractivity contribution in [3.8, 4) is 0 Å². The Balaban J connectivity index is 2.24. The monoisotopic (exact) mass is 254 g/mol. The first-order valence-electron chi connectivity index (χ1n) is 6.71. The number of nitrogens with two attached hydrogens (primary N) is 1. The first kappa shape index (κ1) is 13.6. The molecule has 0 saturated heterocycles. The summed E-state index contributed by atoms with van der Waals surface area (Å²) in [5.74, 6) is 0. The molecule has 19 heavy (non-hydrogen) atoms. The normalized spacial score (nSPS) is 12.2. The quantitative estimate of drug-likeness (QED) is 0.872. The Morgan fingerprint density at radius 2 is 1.68 bits per heavy atom. The van der Waals surface area contributed by atoms with Gasteiger partial charge < -0.3 is 11.1 Å². The van der Waals surface area contributed by atoms with Crippen LogP contribution in [0.4, 0.5) is 5.69 Å². The molecule has 2 rings (SSSR count). The molecule has 0 bridgehead atoms. The van der Waals surface area contributed by atoms with Gasteiger partial charge in [-0.25, -0.2) is 0 Å². The van der Waals surface area contributed by atoms with Gasteiger partial charge in [0, 0.05) is 12.2 Å². The van der Waals surface area contributed by atoms with Gasteiger partial charge in [-0.2, -0.15) is 0 Å². The van der Waals surface area contributed by atoms with Crippen LogP contribution in [0.25, 0.3) is 0 Å². The maximum absolute atomic E-state index is 5.92. The van der Waals surface area contributed by atoms with Crippen LogP contribution in [0.3, 0.4) is 0 Å². The van der Waals surface area contributed by atoms with Crippen molar-refractivity contribution in [3.05, 3.63) is 64.7 Å². The summed E-state index contributed by atoms with van der Waals surface area (Å²) in [6.07, 6.45) is 0. The molecule has 0 spiro atoms. The summed E-state index contributed by atoms with van der Waals surface area (Å²) in [7, 11) is 0. The summed E-state index contributed by atoms with van der Waals surface area (Å²) in [5.41, 5.74) is 12.2. The average molecular weight is 254 g/mol. The number of hydrogen-bond acceptors (Lipinski definition) is 2. The molecule has 0 aliphatic rings. The van der Waals surface area contributed by atoms with Crippen molar-refractivity contribution in [2.45, 2.75) is 26.8 Å². The van der Waals surface area contributed by atoms with Crippen LogP contribution in [-0.4, -0.2) is 6.54 Å². The summed E-state index contributed by atoms with van der Waals surface area (Å²) in [6, 6.07) is 15.0. The molecule has 0 aliphatic heterocycles. The van der Waals surface area contributed by atoms with E-state index in [0.29, 0.717) is 6.54 Å². The Labute approximate surface area is 115 Å². The standard InChI is InChI=1S/C17H22N2/c1-12-7-9-15(10-8-12)17(11-18)19-16-6-4-5-13(2)14(16)3/h4-10,17,19H,11,18H2,1-3H3. The SMILES string of the molecule is Cc1ccc(C(CN)Nc2cccc(C)c2C)cc1. The zero-order valence-corrected chi connectivity index (χ0v) is 11.9. The zero-order chi connectivity index (χ0) is 13.8. The smallest absolute Gasteiger partial charge is 0.0636 e. The molecule has 100 valence electrons.